The summed E-state index contributed by atoms with van der Waals surface area (Å²) in [6.07, 6.45) is 1.49. The molecular formula is C12H23N3O3S. The molecule has 0 aliphatic heterocycles. The van der Waals surface area contributed by atoms with Gasteiger partial charge in [-0.05, 0) is 26.5 Å². The van der Waals surface area contributed by atoms with Crippen molar-refractivity contribution in [2.75, 3.05) is 20.2 Å². The zero-order chi connectivity index (χ0) is 14.5. The molecule has 1 rings (SSSR count). The Morgan fingerprint density at radius 2 is 2.11 bits per heavy atom. The monoisotopic (exact) mass is 289 g/mol. The van der Waals surface area contributed by atoms with Gasteiger partial charge in [-0.15, -0.1) is 0 Å². The Labute approximate surface area is 115 Å². The second-order valence-electron chi connectivity index (χ2n) is 4.93. The molecule has 0 bridgehead atoms. The van der Waals surface area contributed by atoms with Gasteiger partial charge in [0.1, 0.15) is 0 Å². The summed E-state index contributed by atoms with van der Waals surface area (Å²) in [7, 11) is -1.94. The predicted molar refractivity (Wildman–Crippen MR) is 74.4 cm³/mol. The fraction of sp³-hybridized carbons (Fsp3) is 0.667. The first kappa shape index (κ1) is 16.2. The molecular weight excluding hydrogens is 266 g/mol. The predicted octanol–water partition coefficient (Wildman–Crippen LogP) is 0.828. The van der Waals surface area contributed by atoms with Crippen LogP contribution in [0.1, 0.15) is 26.5 Å². The van der Waals surface area contributed by atoms with E-state index >= 15 is 0 Å². The number of ether oxygens (including phenoxy) is 1. The number of nitrogens with one attached hydrogen (secondary N) is 3. The molecule has 0 saturated heterocycles. The lowest BCUT2D eigenvalue weighted by Crippen LogP contribution is -2.39. The maximum absolute atomic E-state index is 12.1. The molecule has 0 fully saturated rings. The van der Waals surface area contributed by atoms with Crippen molar-refractivity contribution in [3.63, 3.8) is 0 Å². The lowest BCUT2D eigenvalue weighted by atomic mass is 10.1. The van der Waals surface area contributed by atoms with Crippen LogP contribution in [0.25, 0.3) is 0 Å². The first-order valence-electron chi connectivity index (χ1n) is 6.23. The van der Waals surface area contributed by atoms with Crippen molar-refractivity contribution in [2.24, 2.45) is 0 Å². The highest BCUT2D eigenvalue weighted by Gasteiger charge is 2.22. The van der Waals surface area contributed by atoms with Gasteiger partial charge in [0.2, 0.25) is 10.0 Å². The van der Waals surface area contributed by atoms with Crippen molar-refractivity contribution in [1.29, 1.82) is 0 Å². The first-order valence-corrected chi connectivity index (χ1v) is 7.72. The van der Waals surface area contributed by atoms with Gasteiger partial charge in [-0.1, -0.05) is 6.92 Å². The van der Waals surface area contributed by atoms with E-state index in [0.29, 0.717) is 6.54 Å². The van der Waals surface area contributed by atoms with E-state index in [4.69, 9.17) is 4.74 Å². The third kappa shape index (κ3) is 4.94. The molecule has 0 amide bonds. The Bertz CT molecular complexity index is 494. The number of hydrogen-bond acceptors (Lipinski definition) is 4. The fourth-order valence-electron chi connectivity index (χ4n) is 1.36. The molecule has 0 saturated carbocycles. The van der Waals surface area contributed by atoms with Gasteiger partial charge in [0.15, 0.2) is 0 Å². The fourth-order valence-corrected chi connectivity index (χ4v) is 2.58. The topological polar surface area (TPSA) is 83.2 Å². The second-order valence-corrected chi connectivity index (χ2v) is 6.70. The quantitative estimate of drug-likeness (QED) is 0.662. The molecule has 6 nitrogen and oxygen atoms in total. The molecule has 110 valence electrons. The molecule has 19 heavy (non-hydrogen) atoms. The van der Waals surface area contributed by atoms with E-state index in [-0.39, 0.29) is 11.4 Å². The summed E-state index contributed by atoms with van der Waals surface area (Å²) < 4.78 is 31.9. The van der Waals surface area contributed by atoms with E-state index in [1.807, 2.05) is 20.8 Å². The molecule has 7 heteroatoms. The van der Waals surface area contributed by atoms with Crippen LogP contribution in [-0.2, 0) is 21.3 Å². The Balaban J connectivity index is 2.69. The maximum Gasteiger partial charge on any atom is 0.242 e. The van der Waals surface area contributed by atoms with E-state index in [1.165, 1.54) is 6.20 Å². The normalized spacial score (nSPS) is 12.8. The summed E-state index contributed by atoms with van der Waals surface area (Å²) >= 11 is 0. The third-order valence-corrected chi connectivity index (χ3v) is 4.21. The van der Waals surface area contributed by atoms with Crippen LogP contribution < -0.4 is 10.0 Å². The highest BCUT2D eigenvalue weighted by atomic mass is 32.2. The van der Waals surface area contributed by atoms with Crippen LogP contribution in [0.2, 0.25) is 0 Å². The van der Waals surface area contributed by atoms with Crippen molar-refractivity contribution >= 4 is 10.0 Å². The number of hydrogen-bond donors (Lipinski definition) is 3. The van der Waals surface area contributed by atoms with E-state index in [0.717, 1.165) is 12.2 Å². The van der Waals surface area contributed by atoms with E-state index in [9.17, 15) is 8.42 Å². The van der Waals surface area contributed by atoms with Crippen molar-refractivity contribution < 1.29 is 13.2 Å². The zero-order valence-electron chi connectivity index (χ0n) is 11.9. The van der Waals surface area contributed by atoms with E-state index in [1.54, 1.807) is 13.2 Å². The van der Waals surface area contributed by atoms with Gasteiger partial charge in [-0.3, -0.25) is 0 Å². The largest absolute Gasteiger partial charge is 0.377 e. The molecule has 0 aliphatic carbocycles. The van der Waals surface area contributed by atoms with E-state index in [2.05, 4.69) is 15.0 Å². The van der Waals surface area contributed by atoms with Gasteiger partial charge in [-0.2, -0.15) is 0 Å². The minimum atomic E-state index is -3.50. The molecule has 0 spiro atoms. The van der Waals surface area contributed by atoms with Crippen LogP contribution in [0, 0.1) is 0 Å². The summed E-state index contributed by atoms with van der Waals surface area (Å²) in [5, 5.41) is 3.13. The number of aromatic amines is 1. The van der Waals surface area contributed by atoms with Crippen molar-refractivity contribution in [3.05, 3.63) is 18.0 Å². The van der Waals surface area contributed by atoms with Crippen molar-refractivity contribution in [3.8, 4) is 0 Å². The molecule has 0 atom stereocenters. The smallest absolute Gasteiger partial charge is 0.242 e. The lowest BCUT2D eigenvalue weighted by molar-refractivity contribution is 0.0276. The Morgan fingerprint density at radius 3 is 2.68 bits per heavy atom. The molecule has 1 aromatic heterocycles. The summed E-state index contributed by atoms with van der Waals surface area (Å²) in [5.74, 6) is 0. The first-order chi connectivity index (χ1) is 8.80. The summed E-state index contributed by atoms with van der Waals surface area (Å²) in [6, 6.07) is 1.63. The van der Waals surface area contributed by atoms with Gasteiger partial charge < -0.3 is 15.0 Å². The van der Waals surface area contributed by atoms with Gasteiger partial charge in [-0.25, -0.2) is 13.1 Å². The number of rotatable bonds is 8. The molecule has 1 aromatic rings. The average Bonchev–Trinajstić information content (AvgIpc) is 2.84. The van der Waals surface area contributed by atoms with E-state index < -0.39 is 15.6 Å². The maximum atomic E-state index is 12.1. The van der Waals surface area contributed by atoms with Crippen LogP contribution in [0.15, 0.2) is 17.2 Å². The number of methoxy groups -OCH3 is 1. The number of aromatic nitrogens is 1. The molecule has 1 heterocycles. The zero-order valence-corrected chi connectivity index (χ0v) is 12.7. The van der Waals surface area contributed by atoms with Crippen LogP contribution >= 0.6 is 0 Å². The van der Waals surface area contributed by atoms with Crippen LogP contribution in [0.4, 0.5) is 0 Å². The molecule has 3 N–H and O–H groups in total. The average molecular weight is 289 g/mol. The van der Waals surface area contributed by atoms with Gasteiger partial charge in [0.05, 0.1) is 10.5 Å². The Morgan fingerprint density at radius 1 is 1.42 bits per heavy atom. The minimum Gasteiger partial charge on any atom is -0.377 e. The third-order valence-electron chi connectivity index (χ3n) is 2.83. The second kappa shape index (κ2) is 6.51. The lowest BCUT2D eigenvalue weighted by Gasteiger charge is -2.22. The van der Waals surface area contributed by atoms with Gasteiger partial charge >= 0.3 is 0 Å². The molecule has 0 aliphatic rings. The minimum absolute atomic E-state index is 0.222. The number of sulfonamides is 1. The molecule has 0 unspecified atom stereocenters. The van der Waals surface area contributed by atoms with Crippen molar-refractivity contribution in [1.82, 2.24) is 15.0 Å². The standard InChI is InChI=1S/C12H23N3O3S/c1-5-13-7-10-6-11(8-14-10)19(16,17)15-9-12(2,3)18-4/h6,8,13-15H,5,7,9H2,1-4H3. The highest BCUT2D eigenvalue weighted by molar-refractivity contribution is 7.89. The van der Waals surface area contributed by atoms with Gasteiger partial charge in [0, 0.05) is 32.1 Å². The number of H-pyrrole nitrogens is 1. The van der Waals surface area contributed by atoms with Crippen LogP contribution in [0.5, 0.6) is 0 Å². The Kier molecular flexibility index (Phi) is 5.54. The summed E-state index contributed by atoms with van der Waals surface area (Å²) in [6.45, 7) is 7.32. The van der Waals surface area contributed by atoms with Gasteiger partial charge in [0.25, 0.3) is 0 Å². The molecule has 0 aromatic carbocycles. The van der Waals surface area contributed by atoms with Crippen LogP contribution in [-0.4, -0.2) is 39.2 Å². The summed E-state index contributed by atoms with van der Waals surface area (Å²) in [5.41, 5.74) is 0.309. The summed E-state index contributed by atoms with van der Waals surface area (Å²) in [4.78, 5) is 3.19. The SMILES string of the molecule is CCNCc1cc(S(=O)(=O)NCC(C)(C)OC)c[nH]1. The highest BCUT2D eigenvalue weighted by Crippen LogP contribution is 2.12. The van der Waals surface area contributed by atoms with Crippen molar-refractivity contribution in [2.45, 2.75) is 37.8 Å². The Hall–Kier alpha value is -0.890. The molecule has 0 radical (unpaired) electrons. The van der Waals surface area contributed by atoms with Crippen LogP contribution in [0.3, 0.4) is 0 Å².